The van der Waals surface area contributed by atoms with E-state index in [4.69, 9.17) is 9.15 Å². The molecule has 0 amide bonds. The molecule has 1 aromatic heterocycles. The van der Waals surface area contributed by atoms with Gasteiger partial charge in [0, 0.05) is 32.5 Å². The van der Waals surface area contributed by atoms with Crippen LogP contribution in [0.1, 0.15) is 32.4 Å². The fraction of sp³-hybridized carbons (Fsp3) is 0.476. The minimum atomic E-state index is -1.13. The van der Waals surface area contributed by atoms with E-state index in [1.807, 2.05) is 37.3 Å². The summed E-state index contributed by atoms with van der Waals surface area (Å²) < 4.78 is 11.4. The van der Waals surface area contributed by atoms with E-state index < -0.39 is 5.60 Å². The topological polar surface area (TPSA) is 70.2 Å². The van der Waals surface area contributed by atoms with Crippen LogP contribution >= 0.6 is 24.0 Å². The number of aliphatic imine (C=N–C) groups is 1. The number of benzene rings is 1. The van der Waals surface area contributed by atoms with E-state index >= 15 is 0 Å². The lowest BCUT2D eigenvalue weighted by Gasteiger charge is -2.34. The molecule has 7 heteroatoms. The summed E-state index contributed by atoms with van der Waals surface area (Å²) in [4.78, 5) is 6.88. The number of hydrogen-bond donors (Lipinski definition) is 2. The minimum Gasteiger partial charge on any atom is -0.490 e. The monoisotopic (exact) mass is 499 g/mol. The number of likely N-dealkylation sites (tertiary alicyclic amines) is 1. The SMILES string of the molecule is CCNC(=NCC(C)(O)c1ccco1)N1CCC(Oc2ccccc2)CC1.I. The molecule has 3 rings (SSSR count). The van der Waals surface area contributed by atoms with Crippen molar-refractivity contribution in [1.29, 1.82) is 0 Å². The second-order valence-corrected chi connectivity index (χ2v) is 7.04. The quantitative estimate of drug-likeness (QED) is 0.361. The maximum Gasteiger partial charge on any atom is 0.194 e. The first-order chi connectivity index (χ1) is 13.1. The number of furan rings is 1. The van der Waals surface area contributed by atoms with Crippen LogP contribution in [0.5, 0.6) is 5.75 Å². The number of rotatable bonds is 6. The zero-order valence-corrected chi connectivity index (χ0v) is 18.8. The predicted octanol–water partition coefficient (Wildman–Crippen LogP) is 3.61. The van der Waals surface area contributed by atoms with Crippen molar-refractivity contribution in [3.8, 4) is 5.75 Å². The van der Waals surface area contributed by atoms with Gasteiger partial charge in [0.25, 0.3) is 0 Å². The van der Waals surface area contributed by atoms with Gasteiger partial charge in [-0.15, -0.1) is 24.0 Å². The number of aliphatic hydroxyl groups is 1. The van der Waals surface area contributed by atoms with E-state index in [0.717, 1.165) is 44.2 Å². The number of hydrogen-bond acceptors (Lipinski definition) is 4. The molecule has 1 aromatic carbocycles. The number of nitrogens with zero attached hydrogens (tertiary/aromatic N) is 2. The first-order valence-corrected chi connectivity index (χ1v) is 9.60. The maximum atomic E-state index is 10.6. The van der Waals surface area contributed by atoms with Crippen LogP contribution in [-0.2, 0) is 5.60 Å². The third-order valence-corrected chi connectivity index (χ3v) is 4.71. The Morgan fingerprint density at radius 3 is 2.57 bits per heavy atom. The minimum absolute atomic E-state index is 0. The lowest BCUT2D eigenvalue weighted by Crippen LogP contribution is -2.48. The Bertz CT molecular complexity index is 712. The maximum absolute atomic E-state index is 10.6. The summed E-state index contributed by atoms with van der Waals surface area (Å²) >= 11 is 0. The summed E-state index contributed by atoms with van der Waals surface area (Å²) in [6.45, 7) is 6.52. The summed E-state index contributed by atoms with van der Waals surface area (Å²) in [5, 5.41) is 14.0. The van der Waals surface area contributed by atoms with Crippen molar-refractivity contribution in [1.82, 2.24) is 10.2 Å². The smallest absolute Gasteiger partial charge is 0.194 e. The Balaban J connectivity index is 0.00000280. The van der Waals surface area contributed by atoms with Crippen molar-refractivity contribution in [3.05, 3.63) is 54.5 Å². The second kappa shape index (κ2) is 10.7. The van der Waals surface area contributed by atoms with Crippen LogP contribution in [0.4, 0.5) is 0 Å². The standard InChI is InChI=1S/C21H29N3O3.HI/c1-3-22-20(23-16-21(2,25)19-10-7-15-26-19)24-13-11-18(12-14-24)27-17-8-5-4-6-9-17;/h4-10,15,18,25H,3,11-14,16H2,1-2H3,(H,22,23);1H. The number of piperidine rings is 1. The lowest BCUT2D eigenvalue weighted by molar-refractivity contribution is 0.0432. The highest BCUT2D eigenvalue weighted by molar-refractivity contribution is 14.0. The molecule has 1 saturated heterocycles. The molecule has 28 heavy (non-hydrogen) atoms. The Hall–Kier alpha value is -1.74. The first-order valence-electron chi connectivity index (χ1n) is 9.60. The van der Waals surface area contributed by atoms with E-state index in [-0.39, 0.29) is 36.6 Å². The largest absolute Gasteiger partial charge is 0.490 e. The predicted molar refractivity (Wildman–Crippen MR) is 121 cm³/mol. The Morgan fingerprint density at radius 2 is 1.96 bits per heavy atom. The molecule has 6 nitrogen and oxygen atoms in total. The van der Waals surface area contributed by atoms with Gasteiger partial charge in [0.15, 0.2) is 5.96 Å². The summed E-state index contributed by atoms with van der Waals surface area (Å²) in [6, 6.07) is 13.5. The molecule has 0 radical (unpaired) electrons. The normalized spacial score (nSPS) is 17.5. The molecule has 1 aliphatic heterocycles. The second-order valence-electron chi connectivity index (χ2n) is 7.04. The van der Waals surface area contributed by atoms with Crippen molar-refractivity contribution < 1.29 is 14.3 Å². The molecular weight excluding hydrogens is 469 g/mol. The van der Waals surface area contributed by atoms with E-state index in [1.165, 1.54) is 0 Å². The van der Waals surface area contributed by atoms with Crippen molar-refractivity contribution in [2.75, 3.05) is 26.2 Å². The third kappa shape index (κ3) is 6.13. The highest BCUT2D eigenvalue weighted by atomic mass is 127. The Kier molecular flexibility index (Phi) is 8.62. The van der Waals surface area contributed by atoms with Crippen LogP contribution in [0, 0.1) is 0 Å². The fourth-order valence-electron chi connectivity index (χ4n) is 3.19. The molecule has 1 atom stereocenters. The van der Waals surface area contributed by atoms with Gasteiger partial charge in [0.2, 0.25) is 0 Å². The first kappa shape index (κ1) is 22.5. The van der Waals surface area contributed by atoms with E-state index in [2.05, 4.69) is 15.2 Å². The molecule has 1 unspecified atom stereocenters. The molecule has 2 heterocycles. The van der Waals surface area contributed by atoms with Crippen LogP contribution in [0.3, 0.4) is 0 Å². The average Bonchev–Trinajstić information content (AvgIpc) is 3.23. The number of nitrogens with one attached hydrogen (secondary N) is 1. The average molecular weight is 499 g/mol. The van der Waals surface area contributed by atoms with Gasteiger partial charge in [0.05, 0.1) is 12.8 Å². The van der Waals surface area contributed by atoms with Crippen molar-refractivity contribution >= 4 is 29.9 Å². The Labute approximate surface area is 184 Å². The van der Waals surface area contributed by atoms with Gasteiger partial charge in [-0.1, -0.05) is 18.2 Å². The van der Waals surface area contributed by atoms with Crippen LogP contribution in [-0.4, -0.2) is 48.2 Å². The molecule has 1 fully saturated rings. The summed E-state index contributed by atoms with van der Waals surface area (Å²) in [6.07, 6.45) is 3.66. The molecule has 0 aliphatic carbocycles. The van der Waals surface area contributed by atoms with Gasteiger partial charge in [-0.05, 0) is 38.1 Å². The van der Waals surface area contributed by atoms with Gasteiger partial charge in [0.1, 0.15) is 23.2 Å². The number of halogens is 1. The van der Waals surface area contributed by atoms with Gasteiger partial charge >= 0.3 is 0 Å². The fourth-order valence-corrected chi connectivity index (χ4v) is 3.19. The number of guanidine groups is 1. The zero-order chi connectivity index (χ0) is 19.1. The van der Waals surface area contributed by atoms with Crippen LogP contribution in [0.25, 0.3) is 0 Å². The summed E-state index contributed by atoms with van der Waals surface area (Å²) in [7, 11) is 0. The number of para-hydroxylation sites is 1. The van der Waals surface area contributed by atoms with Gasteiger partial charge in [-0.25, -0.2) is 4.99 Å². The molecule has 2 N–H and O–H groups in total. The van der Waals surface area contributed by atoms with Gasteiger partial charge < -0.3 is 24.5 Å². The van der Waals surface area contributed by atoms with Crippen molar-refractivity contribution in [2.24, 2.45) is 4.99 Å². The molecule has 2 aromatic rings. The summed E-state index contributed by atoms with van der Waals surface area (Å²) in [5.74, 6) is 2.27. The van der Waals surface area contributed by atoms with Gasteiger partial charge in [-0.2, -0.15) is 0 Å². The highest BCUT2D eigenvalue weighted by Crippen LogP contribution is 2.22. The Morgan fingerprint density at radius 1 is 1.25 bits per heavy atom. The summed E-state index contributed by atoms with van der Waals surface area (Å²) in [5.41, 5.74) is -1.13. The molecule has 0 spiro atoms. The van der Waals surface area contributed by atoms with E-state index in [9.17, 15) is 5.11 Å². The molecular formula is C21H30IN3O3. The zero-order valence-electron chi connectivity index (χ0n) is 16.5. The third-order valence-electron chi connectivity index (χ3n) is 4.71. The van der Waals surface area contributed by atoms with Crippen LogP contribution in [0.15, 0.2) is 58.1 Å². The lowest BCUT2D eigenvalue weighted by atomic mass is 10.0. The van der Waals surface area contributed by atoms with Crippen LogP contribution < -0.4 is 10.1 Å². The van der Waals surface area contributed by atoms with E-state index in [0.29, 0.717) is 5.76 Å². The van der Waals surface area contributed by atoms with Gasteiger partial charge in [-0.3, -0.25) is 0 Å². The molecule has 0 saturated carbocycles. The molecule has 0 bridgehead atoms. The molecule has 1 aliphatic rings. The van der Waals surface area contributed by atoms with E-state index in [1.54, 1.807) is 25.3 Å². The van der Waals surface area contributed by atoms with Crippen molar-refractivity contribution in [3.63, 3.8) is 0 Å². The van der Waals surface area contributed by atoms with Crippen molar-refractivity contribution in [2.45, 2.75) is 38.4 Å². The highest BCUT2D eigenvalue weighted by Gasteiger charge is 2.27. The molecule has 154 valence electrons. The number of ether oxygens (including phenoxy) is 1. The van der Waals surface area contributed by atoms with Crippen LogP contribution in [0.2, 0.25) is 0 Å².